The van der Waals surface area contributed by atoms with Gasteiger partial charge in [-0.1, -0.05) is 26.0 Å². The van der Waals surface area contributed by atoms with Gasteiger partial charge < -0.3 is 15.1 Å². The Morgan fingerprint density at radius 3 is 2.26 bits per heavy atom. The van der Waals surface area contributed by atoms with E-state index in [1.807, 2.05) is 29.2 Å². The van der Waals surface area contributed by atoms with Gasteiger partial charge in [-0.15, -0.1) is 0 Å². The molecule has 142 valence electrons. The summed E-state index contributed by atoms with van der Waals surface area (Å²) in [4.78, 5) is 36.8. The Bertz CT molecular complexity index is 769. The quantitative estimate of drug-likeness (QED) is 0.821. The summed E-state index contributed by atoms with van der Waals surface area (Å²) >= 11 is 0. The fraction of sp³-hybridized carbons (Fsp3) is 0.400. The SMILES string of the molecule is CC(C)c1ccc(NC(=O)CC(=O)N2CCN(c3ncccn3)CC2)cc1. The third-order valence-electron chi connectivity index (χ3n) is 4.64. The molecule has 0 atom stereocenters. The third kappa shape index (κ3) is 5.03. The molecule has 7 nitrogen and oxygen atoms in total. The smallest absolute Gasteiger partial charge is 0.233 e. The molecule has 0 radical (unpaired) electrons. The molecule has 0 aliphatic carbocycles. The molecular weight excluding hydrogens is 342 g/mol. The van der Waals surface area contributed by atoms with Crippen molar-refractivity contribution in [1.82, 2.24) is 14.9 Å². The van der Waals surface area contributed by atoms with E-state index in [0.29, 0.717) is 43.7 Å². The summed E-state index contributed by atoms with van der Waals surface area (Å²) in [5.41, 5.74) is 1.92. The van der Waals surface area contributed by atoms with E-state index in [1.54, 1.807) is 23.4 Å². The van der Waals surface area contributed by atoms with Crippen LogP contribution in [0.4, 0.5) is 11.6 Å². The van der Waals surface area contributed by atoms with Crippen molar-refractivity contribution in [3.05, 3.63) is 48.3 Å². The molecular formula is C20H25N5O2. The summed E-state index contributed by atoms with van der Waals surface area (Å²) in [7, 11) is 0. The topological polar surface area (TPSA) is 78.4 Å². The fourth-order valence-electron chi connectivity index (χ4n) is 3.02. The summed E-state index contributed by atoms with van der Waals surface area (Å²) in [6.45, 7) is 6.69. The van der Waals surface area contributed by atoms with Crippen molar-refractivity contribution < 1.29 is 9.59 Å². The Labute approximate surface area is 159 Å². The van der Waals surface area contributed by atoms with Gasteiger partial charge in [-0.25, -0.2) is 9.97 Å². The molecule has 0 saturated carbocycles. The molecule has 2 heterocycles. The number of hydrogen-bond donors (Lipinski definition) is 1. The van der Waals surface area contributed by atoms with E-state index in [1.165, 1.54) is 5.56 Å². The monoisotopic (exact) mass is 367 g/mol. The number of hydrogen-bond acceptors (Lipinski definition) is 5. The minimum absolute atomic E-state index is 0.145. The maximum absolute atomic E-state index is 12.4. The van der Waals surface area contributed by atoms with Crippen LogP contribution in [0.2, 0.25) is 0 Å². The van der Waals surface area contributed by atoms with Crippen molar-refractivity contribution in [2.24, 2.45) is 0 Å². The lowest BCUT2D eigenvalue weighted by molar-refractivity contribution is -0.134. The van der Waals surface area contributed by atoms with Gasteiger partial charge in [0.1, 0.15) is 6.42 Å². The lowest BCUT2D eigenvalue weighted by atomic mass is 10.0. The van der Waals surface area contributed by atoms with E-state index in [-0.39, 0.29) is 18.2 Å². The van der Waals surface area contributed by atoms with Crippen molar-refractivity contribution >= 4 is 23.5 Å². The van der Waals surface area contributed by atoms with Crippen LogP contribution in [0.3, 0.4) is 0 Å². The second-order valence-corrected chi connectivity index (χ2v) is 6.92. The van der Waals surface area contributed by atoms with Gasteiger partial charge in [0.15, 0.2) is 0 Å². The molecule has 1 aromatic heterocycles. The molecule has 0 spiro atoms. The standard InChI is InChI=1S/C20H25N5O2/c1-15(2)16-4-6-17(7-5-16)23-18(26)14-19(27)24-10-12-25(13-11-24)20-21-8-3-9-22-20/h3-9,15H,10-14H2,1-2H3,(H,23,26). The van der Waals surface area contributed by atoms with Gasteiger partial charge in [0.05, 0.1) is 0 Å². The third-order valence-corrected chi connectivity index (χ3v) is 4.64. The number of piperazine rings is 1. The minimum Gasteiger partial charge on any atom is -0.339 e. The number of nitrogens with zero attached hydrogens (tertiary/aromatic N) is 4. The molecule has 3 rings (SSSR count). The Morgan fingerprint density at radius 1 is 1.04 bits per heavy atom. The zero-order valence-corrected chi connectivity index (χ0v) is 15.8. The maximum atomic E-state index is 12.4. The van der Waals surface area contributed by atoms with Crippen LogP contribution in [0.1, 0.15) is 31.7 Å². The van der Waals surface area contributed by atoms with Crippen LogP contribution in [0, 0.1) is 0 Å². The van der Waals surface area contributed by atoms with Crippen LogP contribution in [0.15, 0.2) is 42.7 Å². The molecule has 2 aromatic rings. The van der Waals surface area contributed by atoms with E-state index in [0.717, 1.165) is 0 Å². The van der Waals surface area contributed by atoms with Crippen LogP contribution < -0.4 is 10.2 Å². The number of anilines is 2. The Hall–Kier alpha value is -2.96. The highest BCUT2D eigenvalue weighted by Gasteiger charge is 2.23. The number of carbonyl (C=O) groups is 2. The maximum Gasteiger partial charge on any atom is 0.233 e. The second kappa shape index (κ2) is 8.62. The predicted octanol–water partition coefficient (Wildman–Crippen LogP) is 2.28. The molecule has 1 aromatic carbocycles. The first-order chi connectivity index (χ1) is 13.0. The van der Waals surface area contributed by atoms with Crippen molar-refractivity contribution in [1.29, 1.82) is 0 Å². The van der Waals surface area contributed by atoms with Gasteiger partial charge in [-0.2, -0.15) is 0 Å². The van der Waals surface area contributed by atoms with Gasteiger partial charge >= 0.3 is 0 Å². The molecule has 0 bridgehead atoms. The fourth-order valence-corrected chi connectivity index (χ4v) is 3.02. The first kappa shape index (κ1) is 18.8. The molecule has 1 aliphatic heterocycles. The largest absolute Gasteiger partial charge is 0.339 e. The van der Waals surface area contributed by atoms with Crippen molar-refractivity contribution in [2.45, 2.75) is 26.2 Å². The van der Waals surface area contributed by atoms with Gasteiger partial charge in [-0.3, -0.25) is 9.59 Å². The summed E-state index contributed by atoms with van der Waals surface area (Å²) in [5.74, 6) is 0.675. The summed E-state index contributed by atoms with van der Waals surface area (Å²) in [6, 6.07) is 9.50. The van der Waals surface area contributed by atoms with Crippen molar-refractivity contribution in [3.63, 3.8) is 0 Å². The van der Waals surface area contributed by atoms with Crippen LogP contribution in [-0.4, -0.2) is 52.9 Å². The first-order valence-corrected chi connectivity index (χ1v) is 9.22. The predicted molar refractivity (Wildman–Crippen MR) is 105 cm³/mol. The second-order valence-electron chi connectivity index (χ2n) is 6.92. The summed E-state index contributed by atoms with van der Waals surface area (Å²) < 4.78 is 0. The lowest BCUT2D eigenvalue weighted by Crippen LogP contribution is -2.49. The highest BCUT2D eigenvalue weighted by atomic mass is 16.2. The highest BCUT2D eigenvalue weighted by Crippen LogP contribution is 2.17. The van der Waals surface area contributed by atoms with Gasteiger partial charge in [0.25, 0.3) is 0 Å². The van der Waals surface area contributed by atoms with E-state index in [9.17, 15) is 9.59 Å². The molecule has 1 saturated heterocycles. The zero-order chi connectivity index (χ0) is 19.2. The Kier molecular flexibility index (Phi) is 6.01. The Balaban J connectivity index is 1.47. The number of rotatable bonds is 5. The number of nitrogens with one attached hydrogen (secondary N) is 1. The number of carbonyl (C=O) groups excluding carboxylic acids is 2. The van der Waals surface area contributed by atoms with Crippen LogP contribution >= 0.6 is 0 Å². The van der Waals surface area contributed by atoms with Crippen LogP contribution in [0.5, 0.6) is 0 Å². The molecule has 7 heteroatoms. The van der Waals surface area contributed by atoms with E-state index < -0.39 is 0 Å². The minimum atomic E-state index is -0.286. The average Bonchev–Trinajstić information content (AvgIpc) is 2.69. The summed E-state index contributed by atoms with van der Waals surface area (Å²) in [6.07, 6.45) is 3.27. The molecule has 1 N–H and O–H groups in total. The Morgan fingerprint density at radius 2 is 1.67 bits per heavy atom. The molecule has 1 fully saturated rings. The van der Waals surface area contributed by atoms with Gasteiger partial charge in [0, 0.05) is 44.3 Å². The average molecular weight is 367 g/mol. The molecule has 0 unspecified atom stereocenters. The van der Waals surface area contributed by atoms with E-state index in [4.69, 9.17) is 0 Å². The van der Waals surface area contributed by atoms with Crippen LogP contribution in [-0.2, 0) is 9.59 Å². The lowest BCUT2D eigenvalue weighted by Gasteiger charge is -2.34. The first-order valence-electron chi connectivity index (χ1n) is 9.22. The number of aromatic nitrogens is 2. The van der Waals surface area contributed by atoms with Gasteiger partial charge in [-0.05, 0) is 29.7 Å². The molecule has 27 heavy (non-hydrogen) atoms. The summed E-state index contributed by atoms with van der Waals surface area (Å²) in [5, 5.41) is 2.80. The van der Waals surface area contributed by atoms with Crippen molar-refractivity contribution in [2.75, 3.05) is 36.4 Å². The molecule has 1 aliphatic rings. The number of amides is 2. The highest BCUT2D eigenvalue weighted by molar-refractivity contribution is 6.03. The van der Waals surface area contributed by atoms with Crippen LogP contribution in [0.25, 0.3) is 0 Å². The number of benzene rings is 1. The zero-order valence-electron chi connectivity index (χ0n) is 15.8. The van der Waals surface area contributed by atoms with E-state index >= 15 is 0 Å². The normalized spacial score (nSPS) is 14.3. The van der Waals surface area contributed by atoms with Crippen molar-refractivity contribution in [3.8, 4) is 0 Å². The molecule has 2 amide bonds. The van der Waals surface area contributed by atoms with Gasteiger partial charge in [0.2, 0.25) is 17.8 Å². The van der Waals surface area contributed by atoms with E-state index in [2.05, 4.69) is 29.1 Å².